The normalized spacial score (nSPS) is 20.2. The van der Waals surface area contributed by atoms with E-state index in [1.165, 1.54) is 0 Å². The third-order valence-electron chi connectivity index (χ3n) is 3.93. The van der Waals surface area contributed by atoms with E-state index in [1.54, 1.807) is 24.3 Å². The molecule has 1 heterocycles. The highest BCUT2D eigenvalue weighted by Crippen LogP contribution is 2.16. The molecular weight excluding hydrogens is 324 g/mol. The maximum atomic E-state index is 12.1. The minimum atomic E-state index is -3.37. The second kappa shape index (κ2) is 8.26. The third-order valence-corrected chi connectivity index (χ3v) is 5.52. The van der Waals surface area contributed by atoms with Gasteiger partial charge < -0.3 is 5.11 Å². The Labute approximate surface area is 137 Å². The number of hydrogen-bond donors (Lipinski definition) is 2. The van der Waals surface area contributed by atoms with Crippen molar-refractivity contribution in [3.8, 4) is 0 Å². The minimum Gasteiger partial charge on any atom is -0.395 e. The first kappa shape index (κ1) is 17.7. The zero-order valence-electron chi connectivity index (χ0n) is 12.5. The Morgan fingerprint density at radius 1 is 1.36 bits per heavy atom. The van der Waals surface area contributed by atoms with Crippen molar-refractivity contribution in [2.45, 2.75) is 31.1 Å². The van der Waals surface area contributed by atoms with Crippen LogP contribution in [0.4, 0.5) is 0 Å². The van der Waals surface area contributed by atoms with E-state index in [9.17, 15) is 13.5 Å². The molecule has 1 fully saturated rings. The molecule has 0 unspecified atom stereocenters. The topological polar surface area (TPSA) is 69.6 Å². The Kier molecular flexibility index (Phi) is 6.65. The van der Waals surface area contributed by atoms with Crippen molar-refractivity contribution >= 4 is 21.6 Å². The molecule has 1 aromatic rings. The molecule has 1 aliphatic heterocycles. The number of likely N-dealkylation sites (tertiary alicyclic amines) is 1. The van der Waals surface area contributed by atoms with Crippen molar-refractivity contribution < 1.29 is 13.5 Å². The van der Waals surface area contributed by atoms with Gasteiger partial charge in [0.15, 0.2) is 0 Å². The smallest absolute Gasteiger partial charge is 0.215 e. The lowest BCUT2D eigenvalue weighted by Crippen LogP contribution is -2.45. The van der Waals surface area contributed by atoms with Gasteiger partial charge in [-0.05, 0) is 37.1 Å². The highest BCUT2D eigenvalue weighted by molar-refractivity contribution is 7.88. The lowest BCUT2D eigenvalue weighted by molar-refractivity contribution is 0.0923. The first-order valence-corrected chi connectivity index (χ1v) is 9.60. The van der Waals surface area contributed by atoms with Crippen LogP contribution in [0, 0.1) is 0 Å². The summed E-state index contributed by atoms with van der Waals surface area (Å²) < 4.78 is 26.8. The van der Waals surface area contributed by atoms with Crippen LogP contribution in [0.2, 0.25) is 5.02 Å². The molecule has 22 heavy (non-hydrogen) atoms. The predicted molar refractivity (Wildman–Crippen MR) is 88.4 cm³/mol. The van der Waals surface area contributed by atoms with E-state index in [-0.39, 0.29) is 18.4 Å². The van der Waals surface area contributed by atoms with E-state index in [4.69, 9.17) is 11.6 Å². The molecule has 1 saturated heterocycles. The van der Waals surface area contributed by atoms with Crippen LogP contribution in [0.3, 0.4) is 0 Å². The van der Waals surface area contributed by atoms with Gasteiger partial charge >= 0.3 is 0 Å². The van der Waals surface area contributed by atoms with Crippen molar-refractivity contribution in [1.82, 2.24) is 9.62 Å². The predicted octanol–water partition coefficient (Wildman–Crippen LogP) is 1.61. The molecule has 1 aromatic carbocycles. The van der Waals surface area contributed by atoms with Crippen LogP contribution in [0.5, 0.6) is 0 Å². The van der Waals surface area contributed by atoms with Gasteiger partial charge in [-0.1, -0.05) is 30.2 Å². The summed E-state index contributed by atoms with van der Waals surface area (Å²) in [6.07, 6.45) is 3.21. The first-order chi connectivity index (χ1) is 10.5. The maximum absolute atomic E-state index is 12.1. The lowest BCUT2D eigenvalue weighted by atomic mass is 10.0. The summed E-state index contributed by atoms with van der Waals surface area (Å²) in [6.45, 7) is 2.04. The molecular formula is C15H23ClN2O3S. The van der Waals surface area contributed by atoms with Gasteiger partial charge in [0.1, 0.15) is 0 Å². The van der Waals surface area contributed by atoms with Crippen molar-refractivity contribution in [1.29, 1.82) is 0 Å². The number of hydrogen-bond acceptors (Lipinski definition) is 4. The Morgan fingerprint density at radius 2 is 2.18 bits per heavy atom. The monoisotopic (exact) mass is 346 g/mol. The SMILES string of the molecule is O=S(=O)(Cc1cccc(Cl)c1)NCCN1CCCC[C@H]1CO. The molecule has 0 bridgehead atoms. The van der Waals surface area contributed by atoms with E-state index in [0.29, 0.717) is 23.7 Å². The van der Waals surface area contributed by atoms with Crippen LogP contribution in [0.25, 0.3) is 0 Å². The molecule has 0 aliphatic carbocycles. The summed E-state index contributed by atoms with van der Waals surface area (Å²) >= 11 is 5.87. The number of nitrogens with one attached hydrogen (secondary N) is 1. The van der Waals surface area contributed by atoms with Gasteiger partial charge in [-0.3, -0.25) is 4.90 Å². The fraction of sp³-hybridized carbons (Fsp3) is 0.600. The van der Waals surface area contributed by atoms with Crippen LogP contribution in [0.15, 0.2) is 24.3 Å². The molecule has 7 heteroatoms. The van der Waals surface area contributed by atoms with Crippen LogP contribution in [0.1, 0.15) is 24.8 Å². The van der Waals surface area contributed by atoms with E-state index >= 15 is 0 Å². The molecule has 124 valence electrons. The summed E-state index contributed by atoms with van der Waals surface area (Å²) in [6, 6.07) is 7.03. The van der Waals surface area contributed by atoms with Crippen molar-refractivity contribution in [2.75, 3.05) is 26.2 Å². The summed E-state index contributed by atoms with van der Waals surface area (Å²) in [7, 11) is -3.37. The Morgan fingerprint density at radius 3 is 2.91 bits per heavy atom. The zero-order chi connectivity index (χ0) is 16.0. The number of piperidine rings is 1. The molecule has 1 aliphatic rings. The number of benzene rings is 1. The van der Waals surface area contributed by atoms with Crippen LogP contribution in [-0.4, -0.2) is 50.7 Å². The Bertz CT molecular complexity index is 580. The minimum absolute atomic E-state index is 0.0724. The fourth-order valence-electron chi connectivity index (χ4n) is 2.80. The van der Waals surface area contributed by atoms with E-state index in [1.807, 2.05) is 0 Å². The van der Waals surface area contributed by atoms with Gasteiger partial charge in [-0.2, -0.15) is 0 Å². The van der Waals surface area contributed by atoms with Crippen LogP contribution in [-0.2, 0) is 15.8 Å². The molecule has 2 rings (SSSR count). The summed E-state index contributed by atoms with van der Waals surface area (Å²) in [5.74, 6) is -0.0724. The number of nitrogens with zero attached hydrogens (tertiary/aromatic N) is 1. The van der Waals surface area contributed by atoms with Gasteiger partial charge in [0, 0.05) is 24.2 Å². The average Bonchev–Trinajstić information content (AvgIpc) is 2.47. The van der Waals surface area contributed by atoms with Crippen LogP contribution >= 0.6 is 11.6 Å². The Hall–Kier alpha value is -0.660. The molecule has 1 atom stereocenters. The average molecular weight is 347 g/mol. The van der Waals surface area contributed by atoms with Crippen molar-refractivity contribution in [2.24, 2.45) is 0 Å². The van der Waals surface area contributed by atoms with E-state index in [0.717, 1.165) is 25.8 Å². The summed E-state index contributed by atoms with van der Waals surface area (Å²) in [5, 5.41) is 9.88. The van der Waals surface area contributed by atoms with Gasteiger partial charge in [-0.25, -0.2) is 13.1 Å². The second-order valence-electron chi connectivity index (χ2n) is 5.65. The van der Waals surface area contributed by atoms with Gasteiger partial charge in [0.2, 0.25) is 10.0 Å². The lowest BCUT2D eigenvalue weighted by Gasteiger charge is -2.34. The number of aliphatic hydroxyl groups excluding tert-OH is 1. The molecule has 5 nitrogen and oxygen atoms in total. The first-order valence-electron chi connectivity index (χ1n) is 7.57. The van der Waals surface area contributed by atoms with Crippen molar-refractivity contribution in [3.63, 3.8) is 0 Å². The van der Waals surface area contributed by atoms with Gasteiger partial charge in [0.05, 0.1) is 12.4 Å². The molecule has 0 radical (unpaired) electrons. The summed E-state index contributed by atoms with van der Waals surface area (Å²) in [5.41, 5.74) is 0.672. The van der Waals surface area contributed by atoms with E-state index in [2.05, 4.69) is 9.62 Å². The van der Waals surface area contributed by atoms with Crippen LogP contribution < -0.4 is 4.72 Å². The number of aliphatic hydroxyl groups is 1. The molecule has 0 amide bonds. The van der Waals surface area contributed by atoms with Gasteiger partial charge in [-0.15, -0.1) is 0 Å². The number of sulfonamides is 1. The quantitative estimate of drug-likeness (QED) is 0.787. The second-order valence-corrected chi connectivity index (χ2v) is 7.89. The highest BCUT2D eigenvalue weighted by atomic mass is 35.5. The number of rotatable bonds is 7. The Balaban J connectivity index is 1.82. The largest absolute Gasteiger partial charge is 0.395 e. The highest BCUT2D eigenvalue weighted by Gasteiger charge is 2.21. The van der Waals surface area contributed by atoms with Crippen molar-refractivity contribution in [3.05, 3.63) is 34.9 Å². The molecule has 0 aromatic heterocycles. The maximum Gasteiger partial charge on any atom is 0.215 e. The molecule has 0 saturated carbocycles. The number of halogens is 1. The van der Waals surface area contributed by atoms with Gasteiger partial charge in [0.25, 0.3) is 0 Å². The molecule has 2 N–H and O–H groups in total. The molecule has 0 spiro atoms. The van der Waals surface area contributed by atoms with E-state index < -0.39 is 10.0 Å². The fourth-order valence-corrected chi connectivity index (χ4v) is 4.14. The standard InChI is InChI=1S/C15H23ClN2O3S/c16-14-5-3-4-13(10-14)12-22(20,21)17-7-9-18-8-2-1-6-15(18)11-19/h3-5,10,15,17,19H,1-2,6-9,11-12H2/t15-/m0/s1. The third kappa shape index (κ3) is 5.52. The zero-order valence-corrected chi connectivity index (χ0v) is 14.1. The summed E-state index contributed by atoms with van der Waals surface area (Å²) in [4.78, 5) is 2.16.